The standard InChI is InChI=1S/C14H20ClN3O2/c1-9-4-5-18(8-13(9)19)7-11-3-2-10(6-12(11)15)14(16)17-20/h2-3,6,9,13,19-20H,4-5,7-8H2,1H3,(H2,16,17). The Morgan fingerprint density at radius 3 is 2.90 bits per heavy atom. The van der Waals surface area contributed by atoms with Gasteiger partial charge in [0.1, 0.15) is 0 Å². The summed E-state index contributed by atoms with van der Waals surface area (Å²) >= 11 is 6.23. The van der Waals surface area contributed by atoms with Gasteiger partial charge in [-0.1, -0.05) is 35.8 Å². The van der Waals surface area contributed by atoms with E-state index in [1.165, 1.54) is 0 Å². The normalized spacial score (nSPS) is 24.9. The number of nitrogens with two attached hydrogens (primary N) is 1. The number of nitrogens with zero attached hydrogens (tertiary/aromatic N) is 2. The van der Waals surface area contributed by atoms with Crippen molar-refractivity contribution in [2.45, 2.75) is 26.0 Å². The molecular weight excluding hydrogens is 278 g/mol. The molecule has 0 amide bonds. The van der Waals surface area contributed by atoms with Gasteiger partial charge in [-0.2, -0.15) is 0 Å². The van der Waals surface area contributed by atoms with E-state index in [2.05, 4.69) is 17.0 Å². The first-order valence-electron chi connectivity index (χ1n) is 6.68. The van der Waals surface area contributed by atoms with Gasteiger partial charge < -0.3 is 16.0 Å². The minimum absolute atomic E-state index is 0.0423. The quantitative estimate of drug-likeness (QED) is 0.343. The van der Waals surface area contributed by atoms with Crippen LogP contribution in [0.1, 0.15) is 24.5 Å². The molecule has 1 saturated heterocycles. The van der Waals surface area contributed by atoms with Crippen molar-refractivity contribution in [2.24, 2.45) is 16.8 Å². The van der Waals surface area contributed by atoms with Gasteiger partial charge in [0, 0.05) is 23.7 Å². The van der Waals surface area contributed by atoms with Gasteiger partial charge in [-0.15, -0.1) is 0 Å². The Morgan fingerprint density at radius 1 is 1.55 bits per heavy atom. The number of halogens is 1. The number of oxime groups is 1. The van der Waals surface area contributed by atoms with Gasteiger partial charge >= 0.3 is 0 Å². The molecule has 0 aromatic heterocycles. The van der Waals surface area contributed by atoms with E-state index in [-0.39, 0.29) is 11.9 Å². The van der Waals surface area contributed by atoms with E-state index in [9.17, 15) is 5.11 Å². The van der Waals surface area contributed by atoms with Crippen LogP contribution in [0, 0.1) is 5.92 Å². The summed E-state index contributed by atoms with van der Waals surface area (Å²) in [6.45, 7) is 4.38. The summed E-state index contributed by atoms with van der Waals surface area (Å²) in [5.41, 5.74) is 7.09. The van der Waals surface area contributed by atoms with Crippen LogP contribution in [0.2, 0.25) is 5.02 Å². The van der Waals surface area contributed by atoms with Crippen LogP contribution in [0.5, 0.6) is 0 Å². The topological polar surface area (TPSA) is 82.1 Å². The van der Waals surface area contributed by atoms with Gasteiger partial charge in [0.2, 0.25) is 0 Å². The molecule has 2 unspecified atom stereocenters. The number of rotatable bonds is 3. The number of aliphatic hydroxyl groups excluding tert-OH is 1. The van der Waals surface area contributed by atoms with Crippen LogP contribution in [-0.2, 0) is 6.54 Å². The second-order valence-electron chi connectivity index (χ2n) is 5.36. The zero-order valence-electron chi connectivity index (χ0n) is 11.5. The predicted octanol–water partition coefficient (Wildman–Crippen LogP) is 1.64. The average molecular weight is 298 g/mol. The number of likely N-dealkylation sites (tertiary alicyclic amines) is 1. The summed E-state index contributed by atoms with van der Waals surface area (Å²) < 4.78 is 0. The Balaban J connectivity index is 2.07. The van der Waals surface area contributed by atoms with Crippen LogP contribution in [0.3, 0.4) is 0 Å². The van der Waals surface area contributed by atoms with Gasteiger partial charge in [0.05, 0.1) is 6.10 Å². The fourth-order valence-electron chi connectivity index (χ4n) is 2.39. The highest BCUT2D eigenvalue weighted by Gasteiger charge is 2.24. The van der Waals surface area contributed by atoms with Crippen LogP contribution >= 0.6 is 11.6 Å². The minimum Gasteiger partial charge on any atom is -0.409 e. The molecule has 1 aliphatic heterocycles. The van der Waals surface area contributed by atoms with Crippen LogP contribution < -0.4 is 5.73 Å². The highest BCUT2D eigenvalue weighted by Crippen LogP contribution is 2.23. The van der Waals surface area contributed by atoms with Crippen LogP contribution in [0.15, 0.2) is 23.4 Å². The number of amidine groups is 1. The fraction of sp³-hybridized carbons (Fsp3) is 0.500. The SMILES string of the molecule is CC1CCN(Cc2ccc(/C(N)=N/O)cc2Cl)CC1O. The molecule has 1 fully saturated rings. The Kier molecular flexibility index (Phi) is 4.86. The lowest BCUT2D eigenvalue weighted by molar-refractivity contribution is 0.0259. The first kappa shape index (κ1) is 15.1. The molecule has 1 aromatic carbocycles. The lowest BCUT2D eigenvalue weighted by Gasteiger charge is -2.34. The van der Waals surface area contributed by atoms with E-state index in [0.29, 0.717) is 29.6 Å². The van der Waals surface area contributed by atoms with Crippen molar-refractivity contribution in [1.29, 1.82) is 0 Å². The van der Waals surface area contributed by atoms with Gasteiger partial charge in [0.25, 0.3) is 0 Å². The number of piperidine rings is 1. The Bertz CT molecular complexity index is 507. The Morgan fingerprint density at radius 2 is 2.30 bits per heavy atom. The third-order valence-corrected chi connectivity index (χ3v) is 4.21. The van der Waals surface area contributed by atoms with E-state index >= 15 is 0 Å². The molecule has 6 heteroatoms. The predicted molar refractivity (Wildman–Crippen MR) is 79.0 cm³/mol. The smallest absolute Gasteiger partial charge is 0.170 e. The molecule has 4 N–H and O–H groups in total. The molecule has 0 spiro atoms. The zero-order valence-corrected chi connectivity index (χ0v) is 12.2. The van der Waals surface area contributed by atoms with Gasteiger partial charge in [-0.3, -0.25) is 4.90 Å². The molecule has 2 atom stereocenters. The summed E-state index contributed by atoms with van der Waals surface area (Å²) in [6.07, 6.45) is 0.708. The first-order valence-corrected chi connectivity index (χ1v) is 7.05. The van der Waals surface area contributed by atoms with Crippen LogP contribution in [-0.4, -0.2) is 40.2 Å². The second-order valence-corrected chi connectivity index (χ2v) is 5.77. The molecule has 1 aromatic rings. The van der Waals surface area contributed by atoms with Crippen molar-refractivity contribution in [1.82, 2.24) is 4.90 Å². The van der Waals surface area contributed by atoms with Gasteiger partial charge in [0.15, 0.2) is 5.84 Å². The van der Waals surface area contributed by atoms with Crippen LogP contribution in [0.4, 0.5) is 0 Å². The maximum absolute atomic E-state index is 9.91. The van der Waals surface area contributed by atoms with Crippen molar-refractivity contribution in [3.63, 3.8) is 0 Å². The largest absolute Gasteiger partial charge is 0.409 e. The number of benzene rings is 1. The molecule has 2 rings (SSSR count). The van der Waals surface area contributed by atoms with E-state index < -0.39 is 0 Å². The Labute approximate surface area is 123 Å². The second kappa shape index (κ2) is 6.43. The molecule has 20 heavy (non-hydrogen) atoms. The first-order chi connectivity index (χ1) is 9.51. The highest BCUT2D eigenvalue weighted by molar-refractivity contribution is 6.31. The van der Waals surface area contributed by atoms with Crippen molar-refractivity contribution in [2.75, 3.05) is 13.1 Å². The maximum atomic E-state index is 9.91. The molecule has 110 valence electrons. The monoisotopic (exact) mass is 297 g/mol. The average Bonchev–Trinajstić information content (AvgIpc) is 2.44. The van der Waals surface area contributed by atoms with E-state index in [1.54, 1.807) is 12.1 Å². The lowest BCUT2D eigenvalue weighted by Crippen LogP contribution is -2.42. The number of aliphatic hydroxyl groups is 1. The highest BCUT2D eigenvalue weighted by atomic mass is 35.5. The molecular formula is C14H20ClN3O2. The van der Waals surface area contributed by atoms with Crippen molar-refractivity contribution in [3.8, 4) is 0 Å². The molecule has 0 saturated carbocycles. The van der Waals surface area contributed by atoms with Crippen LogP contribution in [0.25, 0.3) is 0 Å². The number of hydrogen-bond donors (Lipinski definition) is 3. The van der Waals surface area contributed by atoms with Gasteiger partial charge in [-0.25, -0.2) is 0 Å². The fourth-order valence-corrected chi connectivity index (χ4v) is 2.63. The van der Waals surface area contributed by atoms with E-state index in [0.717, 1.165) is 18.5 Å². The summed E-state index contributed by atoms with van der Waals surface area (Å²) in [6, 6.07) is 5.34. The summed E-state index contributed by atoms with van der Waals surface area (Å²) in [7, 11) is 0. The molecule has 0 radical (unpaired) electrons. The zero-order chi connectivity index (χ0) is 14.7. The number of hydrogen-bond acceptors (Lipinski definition) is 4. The third-order valence-electron chi connectivity index (χ3n) is 3.85. The molecule has 0 bridgehead atoms. The van der Waals surface area contributed by atoms with Crippen molar-refractivity contribution >= 4 is 17.4 Å². The minimum atomic E-state index is -0.279. The number of β-amino-alcohol motifs (C(OH)–C–C–N with tert-alkyl or cyclic N) is 1. The van der Waals surface area contributed by atoms with E-state index in [1.807, 2.05) is 6.07 Å². The third kappa shape index (κ3) is 3.42. The lowest BCUT2D eigenvalue weighted by atomic mass is 9.95. The molecule has 1 aliphatic rings. The maximum Gasteiger partial charge on any atom is 0.170 e. The summed E-state index contributed by atoms with van der Waals surface area (Å²) in [5, 5.41) is 22.1. The Hall–Kier alpha value is -1.30. The molecule has 1 heterocycles. The van der Waals surface area contributed by atoms with E-state index in [4.69, 9.17) is 22.5 Å². The summed E-state index contributed by atoms with van der Waals surface area (Å²) in [5.74, 6) is 0.394. The molecule has 0 aliphatic carbocycles. The summed E-state index contributed by atoms with van der Waals surface area (Å²) in [4.78, 5) is 2.19. The van der Waals surface area contributed by atoms with Crippen molar-refractivity contribution < 1.29 is 10.3 Å². The van der Waals surface area contributed by atoms with Gasteiger partial charge in [-0.05, 0) is 30.5 Å². The van der Waals surface area contributed by atoms with Crippen molar-refractivity contribution in [3.05, 3.63) is 34.3 Å². The molecule has 5 nitrogen and oxygen atoms in total.